The van der Waals surface area contributed by atoms with Gasteiger partial charge in [0, 0.05) is 23.1 Å². The highest BCUT2D eigenvalue weighted by Crippen LogP contribution is 2.49. The van der Waals surface area contributed by atoms with Gasteiger partial charge in [-0.2, -0.15) is 0 Å². The summed E-state index contributed by atoms with van der Waals surface area (Å²) in [5.74, 6) is 0.873. The molecule has 2 aliphatic rings. The molecule has 1 amide bonds. The van der Waals surface area contributed by atoms with Crippen LogP contribution in [0.15, 0.2) is 47.4 Å². The highest BCUT2D eigenvalue weighted by molar-refractivity contribution is 8.00. The lowest BCUT2D eigenvalue weighted by Gasteiger charge is -2.37. The van der Waals surface area contributed by atoms with Gasteiger partial charge in [0.25, 0.3) is 0 Å². The Kier molecular flexibility index (Phi) is 6.06. The first-order valence-corrected chi connectivity index (χ1v) is 11.7. The summed E-state index contributed by atoms with van der Waals surface area (Å²) < 4.78 is 11.9. The molecule has 30 heavy (non-hydrogen) atoms. The van der Waals surface area contributed by atoms with Crippen molar-refractivity contribution in [2.24, 2.45) is 5.41 Å². The van der Waals surface area contributed by atoms with Gasteiger partial charge < -0.3 is 14.4 Å². The van der Waals surface area contributed by atoms with Gasteiger partial charge in [0.05, 0.1) is 22.5 Å². The smallest absolute Gasteiger partial charge is 0.236 e. The van der Waals surface area contributed by atoms with Crippen LogP contribution >= 0.6 is 23.4 Å². The predicted octanol–water partition coefficient (Wildman–Crippen LogP) is 5.91. The molecule has 0 aromatic heterocycles. The first kappa shape index (κ1) is 21.5. The quantitative estimate of drug-likeness (QED) is 0.586. The normalized spacial score (nSPS) is 23.5. The van der Waals surface area contributed by atoms with E-state index in [1.54, 1.807) is 0 Å². The number of carbonyl (C=O) groups is 1. The van der Waals surface area contributed by atoms with Crippen molar-refractivity contribution < 1.29 is 14.3 Å². The van der Waals surface area contributed by atoms with Gasteiger partial charge in [-0.1, -0.05) is 17.7 Å². The minimum atomic E-state index is -0.557. The van der Waals surface area contributed by atoms with E-state index in [0.29, 0.717) is 19.8 Å². The van der Waals surface area contributed by atoms with Crippen molar-refractivity contribution in [2.75, 3.05) is 31.3 Å². The lowest BCUT2D eigenvalue weighted by Crippen LogP contribution is -2.42. The lowest BCUT2D eigenvalue weighted by molar-refractivity contribution is -0.127. The van der Waals surface area contributed by atoms with Gasteiger partial charge in [-0.3, -0.25) is 4.79 Å². The van der Waals surface area contributed by atoms with E-state index in [0.717, 1.165) is 40.8 Å². The zero-order chi connectivity index (χ0) is 21.4. The molecule has 0 aliphatic carbocycles. The molecule has 2 aromatic carbocycles. The number of anilines is 1. The molecule has 160 valence electrons. The van der Waals surface area contributed by atoms with Crippen LogP contribution in [0.5, 0.6) is 5.75 Å². The Morgan fingerprint density at radius 3 is 2.57 bits per heavy atom. The Morgan fingerprint density at radius 1 is 1.13 bits per heavy atom. The SMILES string of the molecule is CCN1C(=O)C(C)(C)COc2cc(C3(Sc4ccc(Cl)cc4)CCCOC3)ccc21. The van der Waals surface area contributed by atoms with Crippen LogP contribution in [0.4, 0.5) is 5.69 Å². The fourth-order valence-corrected chi connectivity index (χ4v) is 5.59. The van der Waals surface area contributed by atoms with E-state index < -0.39 is 5.41 Å². The summed E-state index contributed by atoms with van der Waals surface area (Å²) >= 11 is 7.90. The summed E-state index contributed by atoms with van der Waals surface area (Å²) in [6.45, 7) is 8.30. The number of carbonyl (C=O) groups excluding carboxylic acids is 1. The number of halogens is 1. The zero-order valence-electron chi connectivity index (χ0n) is 17.7. The van der Waals surface area contributed by atoms with Crippen molar-refractivity contribution >= 4 is 35.0 Å². The summed E-state index contributed by atoms with van der Waals surface area (Å²) in [7, 11) is 0. The molecule has 2 aliphatic heterocycles. The van der Waals surface area contributed by atoms with Crippen LogP contribution < -0.4 is 9.64 Å². The van der Waals surface area contributed by atoms with Gasteiger partial charge in [-0.25, -0.2) is 0 Å². The molecule has 1 atom stereocenters. The van der Waals surface area contributed by atoms with Gasteiger partial charge in [0.1, 0.15) is 12.4 Å². The highest BCUT2D eigenvalue weighted by atomic mass is 35.5. The minimum Gasteiger partial charge on any atom is -0.490 e. The van der Waals surface area contributed by atoms with Crippen LogP contribution in [0.25, 0.3) is 0 Å². The Bertz CT molecular complexity index is 923. The van der Waals surface area contributed by atoms with Crippen LogP contribution in [-0.4, -0.2) is 32.3 Å². The molecule has 1 fully saturated rings. The third-order valence-electron chi connectivity index (χ3n) is 5.84. The van der Waals surface area contributed by atoms with Crippen LogP contribution in [0.2, 0.25) is 5.02 Å². The number of amides is 1. The van der Waals surface area contributed by atoms with E-state index in [1.165, 1.54) is 5.56 Å². The van der Waals surface area contributed by atoms with Gasteiger partial charge in [-0.05, 0) is 75.6 Å². The van der Waals surface area contributed by atoms with Gasteiger partial charge in [-0.15, -0.1) is 11.8 Å². The van der Waals surface area contributed by atoms with Crippen LogP contribution in [-0.2, 0) is 14.3 Å². The number of rotatable bonds is 4. The average Bonchev–Trinajstić information content (AvgIpc) is 2.84. The monoisotopic (exact) mass is 445 g/mol. The molecule has 0 N–H and O–H groups in total. The molecule has 4 nitrogen and oxygen atoms in total. The minimum absolute atomic E-state index is 0.0998. The zero-order valence-corrected chi connectivity index (χ0v) is 19.3. The van der Waals surface area contributed by atoms with Crippen molar-refractivity contribution in [3.05, 3.63) is 53.1 Å². The summed E-state index contributed by atoms with van der Waals surface area (Å²) in [4.78, 5) is 16.0. The van der Waals surface area contributed by atoms with Crippen molar-refractivity contribution in [3.8, 4) is 5.75 Å². The molecular weight excluding hydrogens is 418 g/mol. The van der Waals surface area contributed by atoms with Crippen molar-refractivity contribution in [1.29, 1.82) is 0 Å². The van der Waals surface area contributed by atoms with Crippen molar-refractivity contribution in [2.45, 2.75) is 43.3 Å². The molecule has 1 saturated heterocycles. The average molecular weight is 446 g/mol. The van der Waals surface area contributed by atoms with Gasteiger partial charge in [0.2, 0.25) is 5.91 Å². The molecule has 0 saturated carbocycles. The van der Waals surface area contributed by atoms with Gasteiger partial charge in [0.15, 0.2) is 0 Å². The van der Waals surface area contributed by atoms with Gasteiger partial charge >= 0.3 is 0 Å². The van der Waals surface area contributed by atoms with E-state index in [2.05, 4.69) is 24.3 Å². The molecule has 2 aromatic rings. The second kappa shape index (κ2) is 8.45. The summed E-state index contributed by atoms with van der Waals surface area (Å²) in [5.41, 5.74) is 1.46. The summed E-state index contributed by atoms with van der Waals surface area (Å²) in [6.07, 6.45) is 2.02. The fraction of sp³-hybridized carbons (Fsp3) is 0.458. The number of hydrogen-bond acceptors (Lipinski definition) is 4. The largest absolute Gasteiger partial charge is 0.490 e. The number of thioether (sulfide) groups is 1. The number of hydrogen-bond donors (Lipinski definition) is 0. The summed E-state index contributed by atoms with van der Waals surface area (Å²) in [6, 6.07) is 14.2. The number of ether oxygens (including phenoxy) is 2. The molecule has 0 bridgehead atoms. The Hall–Kier alpha value is -1.69. The molecular formula is C24H28ClNO3S. The van der Waals surface area contributed by atoms with Crippen molar-refractivity contribution in [1.82, 2.24) is 0 Å². The van der Waals surface area contributed by atoms with Crippen molar-refractivity contribution in [3.63, 3.8) is 0 Å². The maximum Gasteiger partial charge on any atom is 0.236 e. The topological polar surface area (TPSA) is 38.8 Å². The van der Waals surface area contributed by atoms with E-state index >= 15 is 0 Å². The lowest BCUT2D eigenvalue weighted by atomic mass is 9.91. The van der Waals surface area contributed by atoms with Crippen LogP contribution in [0.1, 0.15) is 39.2 Å². The maximum atomic E-state index is 13.0. The molecule has 0 spiro atoms. The van der Waals surface area contributed by atoms with E-state index in [9.17, 15) is 4.79 Å². The van der Waals surface area contributed by atoms with Crippen LogP contribution in [0, 0.1) is 5.41 Å². The maximum absolute atomic E-state index is 13.0. The third-order valence-corrected chi connectivity index (χ3v) is 7.55. The molecule has 2 heterocycles. The number of fused-ring (bicyclic) bond motifs is 1. The first-order chi connectivity index (χ1) is 14.3. The Morgan fingerprint density at radius 2 is 1.90 bits per heavy atom. The Labute approximate surface area is 187 Å². The molecule has 6 heteroatoms. The van der Waals surface area contributed by atoms with E-state index in [1.807, 2.05) is 55.6 Å². The summed E-state index contributed by atoms with van der Waals surface area (Å²) in [5, 5.41) is 0.735. The van der Waals surface area contributed by atoms with Crippen LogP contribution in [0.3, 0.4) is 0 Å². The highest BCUT2D eigenvalue weighted by Gasteiger charge is 2.40. The molecule has 0 radical (unpaired) electrons. The Balaban J connectivity index is 1.73. The number of nitrogens with zero attached hydrogens (tertiary/aromatic N) is 1. The number of benzene rings is 2. The third kappa shape index (κ3) is 4.08. The van der Waals surface area contributed by atoms with E-state index in [-0.39, 0.29) is 10.7 Å². The molecule has 1 unspecified atom stereocenters. The molecule has 4 rings (SSSR count). The first-order valence-electron chi connectivity index (χ1n) is 10.5. The standard InChI is InChI=1S/C24H28ClNO3S/c1-4-26-20-11-6-17(14-21(20)29-15-23(2,3)22(26)27)24(12-5-13-28-16-24)30-19-9-7-18(25)8-10-19/h6-11,14H,4-5,12-13,15-16H2,1-3H3. The second-order valence-electron chi connectivity index (χ2n) is 8.61. The van der Waals surface area contributed by atoms with E-state index in [4.69, 9.17) is 21.1 Å². The predicted molar refractivity (Wildman–Crippen MR) is 123 cm³/mol. The second-order valence-corrected chi connectivity index (χ2v) is 10.5. The fourth-order valence-electron chi connectivity index (χ4n) is 4.11.